The summed E-state index contributed by atoms with van der Waals surface area (Å²) in [5.41, 5.74) is 1.13. The van der Waals surface area contributed by atoms with Crippen LogP contribution in [0.2, 0.25) is 0 Å². The van der Waals surface area contributed by atoms with Crippen LogP contribution in [-0.2, 0) is 4.79 Å². The van der Waals surface area contributed by atoms with Gasteiger partial charge in [-0.15, -0.1) is 0 Å². The molecule has 120 valence electrons. The van der Waals surface area contributed by atoms with E-state index >= 15 is 0 Å². The number of carbonyl (C=O) groups is 1. The van der Waals surface area contributed by atoms with Crippen LogP contribution in [0.5, 0.6) is 5.75 Å². The molecule has 0 aromatic heterocycles. The van der Waals surface area contributed by atoms with Crippen LogP contribution in [-0.4, -0.2) is 17.7 Å². The lowest BCUT2D eigenvalue weighted by Crippen LogP contribution is -2.15. The molecule has 0 spiro atoms. The molecule has 22 heavy (non-hydrogen) atoms. The summed E-state index contributed by atoms with van der Waals surface area (Å²) in [4.78, 5) is 11.1. The number of hydrogen-bond acceptors (Lipinski definition) is 2. The molecule has 1 N–H and O–H groups in total. The van der Waals surface area contributed by atoms with E-state index in [0.29, 0.717) is 11.8 Å². The Bertz CT molecular complexity index is 501. The fourth-order valence-electron chi connectivity index (χ4n) is 3.65. The average molecular weight is 302 g/mol. The van der Waals surface area contributed by atoms with Gasteiger partial charge < -0.3 is 9.84 Å². The number of ether oxygens (including phenoxy) is 1. The first-order valence-corrected chi connectivity index (χ1v) is 8.67. The van der Waals surface area contributed by atoms with Gasteiger partial charge in [0, 0.05) is 0 Å². The van der Waals surface area contributed by atoms with Crippen LogP contribution in [0.3, 0.4) is 0 Å². The van der Waals surface area contributed by atoms with E-state index in [-0.39, 0.29) is 12.3 Å². The van der Waals surface area contributed by atoms with E-state index in [4.69, 9.17) is 9.84 Å². The Morgan fingerprint density at radius 1 is 1.18 bits per heavy atom. The van der Waals surface area contributed by atoms with Crippen molar-refractivity contribution in [2.75, 3.05) is 6.61 Å². The van der Waals surface area contributed by atoms with Gasteiger partial charge in [0.05, 0.1) is 13.0 Å². The molecule has 2 fully saturated rings. The minimum atomic E-state index is -0.703. The van der Waals surface area contributed by atoms with Crippen molar-refractivity contribution in [2.45, 2.75) is 57.3 Å². The maximum absolute atomic E-state index is 11.1. The van der Waals surface area contributed by atoms with Gasteiger partial charge in [-0.25, -0.2) is 0 Å². The molecule has 1 aromatic rings. The molecular weight excluding hydrogens is 276 g/mol. The summed E-state index contributed by atoms with van der Waals surface area (Å²) >= 11 is 0. The van der Waals surface area contributed by atoms with Crippen molar-refractivity contribution >= 4 is 5.97 Å². The number of carboxylic acid groups (broad SMARTS) is 1. The first-order valence-electron chi connectivity index (χ1n) is 8.67. The number of carboxylic acids is 1. The molecule has 0 saturated heterocycles. The van der Waals surface area contributed by atoms with E-state index in [1.807, 2.05) is 12.1 Å². The van der Waals surface area contributed by atoms with Gasteiger partial charge in [-0.1, -0.05) is 31.4 Å². The number of aliphatic carboxylic acids is 1. The summed E-state index contributed by atoms with van der Waals surface area (Å²) in [6, 6.07) is 8.12. The van der Waals surface area contributed by atoms with Crippen LogP contribution in [0, 0.1) is 11.8 Å². The maximum Gasteiger partial charge on any atom is 0.303 e. The third kappa shape index (κ3) is 4.25. The zero-order valence-electron chi connectivity index (χ0n) is 13.2. The van der Waals surface area contributed by atoms with Gasteiger partial charge in [-0.05, 0) is 61.1 Å². The minimum absolute atomic E-state index is 0.149. The SMILES string of the molecule is O=C(O)CC(c1cccc(OCC2CCCCC2)c1)C1CC1. The van der Waals surface area contributed by atoms with Crippen LogP contribution >= 0.6 is 0 Å². The Morgan fingerprint density at radius 3 is 2.64 bits per heavy atom. The van der Waals surface area contributed by atoms with Gasteiger partial charge in [0.25, 0.3) is 0 Å². The molecular formula is C19H26O3. The van der Waals surface area contributed by atoms with Crippen molar-refractivity contribution in [2.24, 2.45) is 11.8 Å². The van der Waals surface area contributed by atoms with Crippen LogP contribution < -0.4 is 4.74 Å². The van der Waals surface area contributed by atoms with Crippen molar-refractivity contribution in [3.8, 4) is 5.75 Å². The standard InChI is InChI=1S/C19H26O3/c20-19(21)12-18(15-9-10-15)16-7-4-8-17(11-16)22-13-14-5-2-1-3-6-14/h4,7-8,11,14-15,18H,1-3,5-6,9-10,12-13H2,(H,20,21). The lowest BCUT2D eigenvalue weighted by molar-refractivity contribution is -0.137. The average Bonchev–Trinajstić information content (AvgIpc) is 3.36. The second-order valence-corrected chi connectivity index (χ2v) is 6.93. The zero-order chi connectivity index (χ0) is 15.4. The lowest BCUT2D eigenvalue weighted by atomic mass is 9.90. The first-order chi connectivity index (χ1) is 10.7. The normalized spacial score (nSPS) is 20.5. The molecule has 3 heteroatoms. The van der Waals surface area contributed by atoms with Crippen molar-refractivity contribution in [3.05, 3.63) is 29.8 Å². The highest BCUT2D eigenvalue weighted by Crippen LogP contribution is 2.45. The Kier molecular flexibility index (Phi) is 5.01. The van der Waals surface area contributed by atoms with Gasteiger partial charge in [0.15, 0.2) is 0 Å². The van der Waals surface area contributed by atoms with Gasteiger partial charge >= 0.3 is 5.97 Å². The molecule has 0 heterocycles. The van der Waals surface area contributed by atoms with E-state index in [1.54, 1.807) is 0 Å². The molecule has 0 bridgehead atoms. The van der Waals surface area contributed by atoms with Crippen LogP contribution in [0.4, 0.5) is 0 Å². The molecule has 0 radical (unpaired) electrons. The van der Waals surface area contributed by atoms with E-state index < -0.39 is 5.97 Å². The molecule has 3 rings (SSSR count). The fraction of sp³-hybridized carbons (Fsp3) is 0.632. The second-order valence-electron chi connectivity index (χ2n) is 6.93. The highest BCUT2D eigenvalue weighted by atomic mass is 16.5. The predicted octanol–water partition coefficient (Wildman–Crippen LogP) is 4.61. The highest BCUT2D eigenvalue weighted by Gasteiger charge is 2.33. The zero-order valence-corrected chi connectivity index (χ0v) is 13.2. The Labute approximate surface area is 132 Å². The summed E-state index contributed by atoms with van der Waals surface area (Å²) in [6.07, 6.45) is 9.14. The topological polar surface area (TPSA) is 46.5 Å². The largest absolute Gasteiger partial charge is 0.493 e. The van der Waals surface area contributed by atoms with Crippen molar-refractivity contribution in [1.82, 2.24) is 0 Å². The number of hydrogen-bond donors (Lipinski definition) is 1. The van der Waals surface area contributed by atoms with Gasteiger partial charge in [-0.2, -0.15) is 0 Å². The fourth-order valence-corrected chi connectivity index (χ4v) is 3.65. The molecule has 0 amide bonds. The smallest absolute Gasteiger partial charge is 0.303 e. The van der Waals surface area contributed by atoms with E-state index in [1.165, 1.54) is 32.1 Å². The molecule has 2 saturated carbocycles. The quantitative estimate of drug-likeness (QED) is 0.799. The number of benzene rings is 1. The molecule has 2 aliphatic carbocycles. The van der Waals surface area contributed by atoms with Gasteiger partial charge in [0.1, 0.15) is 5.75 Å². The lowest BCUT2D eigenvalue weighted by Gasteiger charge is -2.22. The Balaban J connectivity index is 1.62. The van der Waals surface area contributed by atoms with Crippen molar-refractivity contribution < 1.29 is 14.6 Å². The third-order valence-electron chi connectivity index (χ3n) is 5.08. The van der Waals surface area contributed by atoms with Gasteiger partial charge in [0.2, 0.25) is 0 Å². The first kappa shape index (κ1) is 15.4. The monoisotopic (exact) mass is 302 g/mol. The van der Waals surface area contributed by atoms with Crippen LogP contribution in [0.25, 0.3) is 0 Å². The summed E-state index contributed by atoms with van der Waals surface area (Å²) in [5, 5.41) is 9.13. The third-order valence-corrected chi connectivity index (χ3v) is 5.08. The van der Waals surface area contributed by atoms with E-state index in [2.05, 4.69) is 12.1 Å². The second kappa shape index (κ2) is 7.17. The minimum Gasteiger partial charge on any atom is -0.493 e. The van der Waals surface area contributed by atoms with Gasteiger partial charge in [-0.3, -0.25) is 4.79 Å². The molecule has 3 nitrogen and oxygen atoms in total. The van der Waals surface area contributed by atoms with E-state index in [0.717, 1.165) is 30.8 Å². The summed E-state index contributed by atoms with van der Waals surface area (Å²) < 4.78 is 5.99. The predicted molar refractivity (Wildman–Crippen MR) is 86.2 cm³/mol. The molecule has 1 atom stereocenters. The van der Waals surface area contributed by atoms with Crippen LogP contribution in [0.1, 0.15) is 62.8 Å². The molecule has 1 aromatic carbocycles. The van der Waals surface area contributed by atoms with E-state index in [9.17, 15) is 4.79 Å². The van der Waals surface area contributed by atoms with Crippen LogP contribution in [0.15, 0.2) is 24.3 Å². The maximum atomic E-state index is 11.1. The Hall–Kier alpha value is -1.51. The Morgan fingerprint density at radius 2 is 1.95 bits per heavy atom. The summed E-state index contributed by atoms with van der Waals surface area (Å²) in [7, 11) is 0. The molecule has 1 unspecified atom stereocenters. The highest BCUT2D eigenvalue weighted by molar-refractivity contribution is 5.68. The van der Waals surface area contributed by atoms with Crippen molar-refractivity contribution in [1.29, 1.82) is 0 Å². The molecule has 0 aliphatic heterocycles. The number of rotatable bonds is 7. The molecule has 2 aliphatic rings. The summed E-state index contributed by atoms with van der Waals surface area (Å²) in [5.74, 6) is 1.58. The van der Waals surface area contributed by atoms with Crippen molar-refractivity contribution in [3.63, 3.8) is 0 Å². The summed E-state index contributed by atoms with van der Waals surface area (Å²) in [6.45, 7) is 0.802.